The number of anilines is 1. The van der Waals surface area contributed by atoms with E-state index in [0.29, 0.717) is 6.42 Å². The molecular formula is C16H24N2O3. The minimum Gasteiger partial charge on any atom is -0.497 e. The number of ether oxygens (including phenoxy) is 2. The zero-order valence-electron chi connectivity index (χ0n) is 12.9. The Balaban J connectivity index is 1.76. The maximum atomic E-state index is 11.1. The first kappa shape index (κ1) is 15.6. The molecule has 5 nitrogen and oxygen atoms in total. The van der Waals surface area contributed by atoms with Gasteiger partial charge in [0.05, 0.1) is 14.2 Å². The van der Waals surface area contributed by atoms with Crippen LogP contribution in [-0.2, 0) is 9.53 Å². The van der Waals surface area contributed by atoms with Gasteiger partial charge in [-0.25, -0.2) is 0 Å². The third-order valence-corrected chi connectivity index (χ3v) is 3.87. The van der Waals surface area contributed by atoms with E-state index in [4.69, 9.17) is 4.74 Å². The number of nitrogens with zero attached hydrogens (tertiary/aromatic N) is 2. The summed E-state index contributed by atoms with van der Waals surface area (Å²) in [5, 5.41) is 0. The second-order valence-corrected chi connectivity index (χ2v) is 5.21. The Labute approximate surface area is 126 Å². The number of carbonyl (C=O) groups excluding carboxylic acids is 1. The van der Waals surface area contributed by atoms with E-state index in [1.165, 1.54) is 12.8 Å². The van der Waals surface area contributed by atoms with Gasteiger partial charge in [0.25, 0.3) is 0 Å². The van der Waals surface area contributed by atoms with Crippen LogP contribution in [0.4, 0.5) is 5.69 Å². The van der Waals surface area contributed by atoms with Crippen LogP contribution in [0.25, 0.3) is 0 Å². The Morgan fingerprint density at radius 1 is 1.19 bits per heavy atom. The first-order chi connectivity index (χ1) is 10.2. The van der Waals surface area contributed by atoms with Crippen molar-refractivity contribution in [3.63, 3.8) is 0 Å². The van der Waals surface area contributed by atoms with Crippen LogP contribution >= 0.6 is 0 Å². The SMILES string of the molecule is COC(=O)CCCN1CCN(c2cccc(OC)c2)CC1. The molecule has 0 amide bonds. The summed E-state index contributed by atoms with van der Waals surface area (Å²) < 4.78 is 9.93. The molecule has 2 rings (SSSR count). The van der Waals surface area contributed by atoms with Crippen molar-refractivity contribution in [3.05, 3.63) is 24.3 Å². The summed E-state index contributed by atoms with van der Waals surface area (Å²) in [5.41, 5.74) is 1.21. The number of esters is 1. The van der Waals surface area contributed by atoms with E-state index in [9.17, 15) is 4.79 Å². The second kappa shape index (κ2) is 7.88. The van der Waals surface area contributed by atoms with Crippen molar-refractivity contribution in [2.45, 2.75) is 12.8 Å². The zero-order valence-corrected chi connectivity index (χ0v) is 12.9. The Morgan fingerprint density at radius 3 is 2.62 bits per heavy atom. The maximum absolute atomic E-state index is 11.1. The quantitative estimate of drug-likeness (QED) is 0.748. The Morgan fingerprint density at radius 2 is 1.95 bits per heavy atom. The molecule has 0 aromatic heterocycles. The summed E-state index contributed by atoms with van der Waals surface area (Å²) >= 11 is 0. The average Bonchev–Trinajstić information content (AvgIpc) is 2.55. The number of benzene rings is 1. The molecule has 0 saturated carbocycles. The Bertz CT molecular complexity index is 457. The summed E-state index contributed by atoms with van der Waals surface area (Å²) in [5.74, 6) is 0.776. The molecule has 1 aromatic carbocycles. The molecule has 21 heavy (non-hydrogen) atoms. The number of rotatable bonds is 6. The van der Waals surface area contributed by atoms with Crippen molar-refractivity contribution in [2.75, 3.05) is 51.8 Å². The Kier molecular flexibility index (Phi) is 5.87. The lowest BCUT2D eigenvalue weighted by atomic mass is 10.2. The van der Waals surface area contributed by atoms with E-state index >= 15 is 0 Å². The predicted octanol–water partition coefficient (Wildman–Crippen LogP) is 1.77. The van der Waals surface area contributed by atoms with Gasteiger partial charge in [-0.1, -0.05) is 6.07 Å². The summed E-state index contributed by atoms with van der Waals surface area (Å²) in [6.45, 7) is 5.02. The summed E-state index contributed by atoms with van der Waals surface area (Å²) in [7, 11) is 3.13. The largest absolute Gasteiger partial charge is 0.497 e. The number of hydrogen-bond acceptors (Lipinski definition) is 5. The highest BCUT2D eigenvalue weighted by molar-refractivity contribution is 5.69. The van der Waals surface area contributed by atoms with Gasteiger partial charge in [0, 0.05) is 44.4 Å². The van der Waals surface area contributed by atoms with E-state index < -0.39 is 0 Å². The fourth-order valence-electron chi connectivity index (χ4n) is 2.59. The number of methoxy groups -OCH3 is 2. The molecule has 1 saturated heterocycles. The van der Waals surface area contributed by atoms with Crippen molar-refractivity contribution in [3.8, 4) is 5.75 Å². The normalized spacial score (nSPS) is 15.8. The standard InChI is InChI=1S/C16H24N2O3/c1-20-15-6-3-5-14(13-15)18-11-9-17(10-12-18)8-4-7-16(19)21-2/h3,5-6,13H,4,7-12H2,1-2H3. The molecular weight excluding hydrogens is 268 g/mol. The predicted molar refractivity (Wildman–Crippen MR) is 82.9 cm³/mol. The first-order valence-corrected chi connectivity index (χ1v) is 7.41. The van der Waals surface area contributed by atoms with Crippen molar-refractivity contribution in [1.29, 1.82) is 0 Å². The lowest BCUT2D eigenvalue weighted by Crippen LogP contribution is -2.46. The molecule has 0 aliphatic carbocycles. The van der Waals surface area contributed by atoms with Crippen molar-refractivity contribution >= 4 is 11.7 Å². The fraction of sp³-hybridized carbons (Fsp3) is 0.562. The summed E-state index contributed by atoms with van der Waals surface area (Å²) in [6, 6.07) is 8.19. The third kappa shape index (κ3) is 4.63. The van der Waals surface area contributed by atoms with Gasteiger partial charge < -0.3 is 14.4 Å². The lowest BCUT2D eigenvalue weighted by molar-refractivity contribution is -0.140. The van der Waals surface area contributed by atoms with E-state index in [1.807, 2.05) is 12.1 Å². The van der Waals surface area contributed by atoms with Crippen LogP contribution < -0.4 is 9.64 Å². The van der Waals surface area contributed by atoms with Crippen LogP contribution in [0, 0.1) is 0 Å². The van der Waals surface area contributed by atoms with Gasteiger partial charge in [-0.15, -0.1) is 0 Å². The molecule has 1 fully saturated rings. The molecule has 1 aliphatic heterocycles. The first-order valence-electron chi connectivity index (χ1n) is 7.41. The molecule has 0 radical (unpaired) electrons. The van der Waals surface area contributed by atoms with E-state index in [-0.39, 0.29) is 5.97 Å². The fourth-order valence-corrected chi connectivity index (χ4v) is 2.59. The smallest absolute Gasteiger partial charge is 0.305 e. The van der Waals surface area contributed by atoms with Gasteiger partial charge in [-0.3, -0.25) is 9.69 Å². The van der Waals surface area contributed by atoms with Crippen LogP contribution in [-0.4, -0.2) is 57.8 Å². The topological polar surface area (TPSA) is 42.0 Å². The molecule has 0 N–H and O–H groups in total. The number of piperazine rings is 1. The second-order valence-electron chi connectivity index (χ2n) is 5.21. The van der Waals surface area contributed by atoms with Crippen LogP contribution in [0.15, 0.2) is 24.3 Å². The number of carbonyl (C=O) groups is 1. The molecule has 0 unspecified atom stereocenters. The lowest BCUT2D eigenvalue weighted by Gasteiger charge is -2.36. The van der Waals surface area contributed by atoms with Crippen LogP contribution in [0.1, 0.15) is 12.8 Å². The summed E-state index contributed by atoms with van der Waals surface area (Å²) in [6.07, 6.45) is 1.37. The molecule has 1 heterocycles. The monoisotopic (exact) mass is 292 g/mol. The molecule has 0 spiro atoms. The van der Waals surface area contributed by atoms with Crippen LogP contribution in [0.3, 0.4) is 0 Å². The van der Waals surface area contributed by atoms with Gasteiger partial charge >= 0.3 is 5.97 Å². The van der Waals surface area contributed by atoms with Crippen molar-refractivity contribution < 1.29 is 14.3 Å². The van der Waals surface area contributed by atoms with E-state index in [2.05, 4.69) is 26.7 Å². The maximum Gasteiger partial charge on any atom is 0.305 e. The Hall–Kier alpha value is -1.75. The molecule has 116 valence electrons. The molecule has 0 bridgehead atoms. The molecule has 5 heteroatoms. The highest BCUT2D eigenvalue weighted by Crippen LogP contribution is 2.22. The third-order valence-electron chi connectivity index (χ3n) is 3.87. The van der Waals surface area contributed by atoms with Gasteiger partial charge in [0.1, 0.15) is 5.75 Å². The van der Waals surface area contributed by atoms with Gasteiger partial charge in [0.15, 0.2) is 0 Å². The van der Waals surface area contributed by atoms with Crippen molar-refractivity contribution in [1.82, 2.24) is 4.90 Å². The minimum absolute atomic E-state index is 0.120. The highest BCUT2D eigenvalue weighted by atomic mass is 16.5. The van der Waals surface area contributed by atoms with Crippen molar-refractivity contribution in [2.24, 2.45) is 0 Å². The van der Waals surface area contributed by atoms with Crippen LogP contribution in [0.2, 0.25) is 0 Å². The van der Waals surface area contributed by atoms with Gasteiger partial charge in [0.2, 0.25) is 0 Å². The zero-order chi connectivity index (χ0) is 15.1. The molecule has 1 aliphatic rings. The van der Waals surface area contributed by atoms with Gasteiger partial charge in [-0.2, -0.15) is 0 Å². The van der Waals surface area contributed by atoms with Gasteiger partial charge in [-0.05, 0) is 25.1 Å². The minimum atomic E-state index is -0.120. The summed E-state index contributed by atoms with van der Waals surface area (Å²) in [4.78, 5) is 15.9. The van der Waals surface area contributed by atoms with E-state index in [0.717, 1.165) is 44.9 Å². The van der Waals surface area contributed by atoms with E-state index in [1.54, 1.807) is 7.11 Å². The average molecular weight is 292 g/mol. The van der Waals surface area contributed by atoms with Crippen LogP contribution in [0.5, 0.6) is 5.75 Å². The number of hydrogen-bond donors (Lipinski definition) is 0. The highest BCUT2D eigenvalue weighted by Gasteiger charge is 2.17. The molecule has 1 aromatic rings. The molecule has 0 atom stereocenters.